The largest absolute Gasteiger partial charge is 0.0814 e. The Balaban J connectivity index is 0.000000187. The zero-order chi connectivity index (χ0) is 7.11. The Morgan fingerprint density at radius 1 is 1.22 bits per heavy atom. The predicted octanol–water partition coefficient (Wildman–Crippen LogP) is 1.64. The van der Waals surface area contributed by atoms with Gasteiger partial charge in [-0.2, -0.15) is 0 Å². The van der Waals surface area contributed by atoms with Crippen LogP contribution in [0.25, 0.3) is 0 Å². The van der Waals surface area contributed by atoms with Gasteiger partial charge < -0.3 is 0 Å². The average Bonchev–Trinajstić information content (AvgIpc) is 2.20. The third-order valence-corrected chi connectivity index (χ3v) is 1.71. The van der Waals surface area contributed by atoms with Gasteiger partial charge in [-0.25, -0.2) is 0 Å². The molecule has 0 nitrogen and oxygen atoms in total. The molecule has 0 aromatic rings. The van der Waals surface area contributed by atoms with Crippen molar-refractivity contribution in [2.45, 2.75) is 5.54 Å². The van der Waals surface area contributed by atoms with Crippen molar-refractivity contribution in [3.8, 4) is 0 Å². The Bertz CT molecular complexity index is 102. The van der Waals surface area contributed by atoms with Crippen molar-refractivity contribution < 1.29 is 17.0 Å². The minimum absolute atomic E-state index is 0.556. The van der Waals surface area contributed by atoms with E-state index in [0.717, 1.165) is 5.54 Å². The van der Waals surface area contributed by atoms with Crippen LogP contribution in [0.4, 0.5) is 0 Å². The number of halogens is 2. The molecule has 0 atom stereocenters. The summed E-state index contributed by atoms with van der Waals surface area (Å²) in [4.78, 5) is 0. The maximum Gasteiger partial charge on any atom is 0.0163 e. The standard InChI is InChI=1S/C5H8Si.2ClH.Ti/c6-5-3-1-2-4-5;;;/h1-5H,6H3;2*1H;/q;;;+2/p-2. The summed E-state index contributed by atoms with van der Waals surface area (Å²) in [5.74, 6) is 0. The fourth-order valence-corrected chi connectivity index (χ4v) is 0.987. The molecule has 0 saturated heterocycles. The van der Waals surface area contributed by atoms with Crippen molar-refractivity contribution in [2.24, 2.45) is 0 Å². The molecule has 0 fully saturated rings. The number of hydrogen-bond acceptors (Lipinski definition) is 0. The van der Waals surface area contributed by atoms with Crippen molar-refractivity contribution in [1.82, 2.24) is 0 Å². The van der Waals surface area contributed by atoms with Crippen molar-refractivity contribution in [2.75, 3.05) is 0 Å². The van der Waals surface area contributed by atoms with Gasteiger partial charge in [0.25, 0.3) is 0 Å². The van der Waals surface area contributed by atoms with Crippen LogP contribution in [0.15, 0.2) is 24.3 Å². The molecule has 1 aliphatic carbocycles. The predicted molar refractivity (Wildman–Crippen MR) is 43.7 cm³/mol. The molecule has 0 aromatic carbocycles. The van der Waals surface area contributed by atoms with Gasteiger partial charge in [0.05, 0.1) is 0 Å². The fourth-order valence-electron chi connectivity index (χ4n) is 0.543. The Labute approximate surface area is 75.4 Å². The molecule has 0 aromatic heterocycles. The first kappa shape index (κ1) is 9.99. The first-order valence-corrected chi connectivity index (χ1v) is 8.07. The van der Waals surface area contributed by atoms with Crippen LogP contribution in [0, 0.1) is 0 Å². The zero-order valence-electron chi connectivity index (χ0n) is 5.14. The SMILES string of the molecule is [Cl][Ti][Cl].[SiH3]C1C=CC=C1. The third kappa shape index (κ3) is 6.88. The second-order valence-electron chi connectivity index (χ2n) is 1.70. The van der Waals surface area contributed by atoms with E-state index in [1.807, 2.05) is 0 Å². The van der Waals surface area contributed by atoms with Crippen LogP contribution in [-0.2, 0) is 17.0 Å². The van der Waals surface area contributed by atoms with Gasteiger partial charge in [-0.1, -0.05) is 24.3 Å². The van der Waals surface area contributed by atoms with E-state index in [-0.39, 0.29) is 0 Å². The van der Waals surface area contributed by atoms with Crippen molar-refractivity contribution in [1.29, 1.82) is 0 Å². The molecule has 0 aliphatic heterocycles. The summed E-state index contributed by atoms with van der Waals surface area (Å²) in [7, 11) is 11.1. The molecule has 0 amide bonds. The summed E-state index contributed by atoms with van der Waals surface area (Å²) >= 11 is -0.556. The molecule has 1 rings (SSSR count). The minimum Gasteiger partial charge on any atom is -0.0814 e. The first-order valence-electron chi connectivity index (χ1n) is 2.62. The third-order valence-electron chi connectivity index (χ3n) is 0.940. The van der Waals surface area contributed by atoms with Crippen LogP contribution < -0.4 is 0 Å². The summed E-state index contributed by atoms with van der Waals surface area (Å²) in [5, 5.41) is 0. The molecule has 0 bridgehead atoms. The fraction of sp³-hybridized carbons (Fsp3) is 0.200. The van der Waals surface area contributed by atoms with Gasteiger partial charge in [-0.05, 0) is 5.54 Å². The van der Waals surface area contributed by atoms with Crippen molar-refractivity contribution in [3.05, 3.63) is 24.3 Å². The topological polar surface area (TPSA) is 0 Å². The van der Waals surface area contributed by atoms with E-state index in [0.29, 0.717) is 0 Å². The van der Waals surface area contributed by atoms with Crippen LogP contribution in [0.2, 0.25) is 5.54 Å². The normalized spacial score (nSPS) is 15.3. The molecule has 0 unspecified atom stereocenters. The molecule has 0 saturated carbocycles. The Hall–Kier alpha value is 0.991. The Morgan fingerprint density at radius 2 is 1.56 bits per heavy atom. The molecular formula is C5H8Cl2SiTi. The maximum absolute atomic E-state index is 4.89. The van der Waals surface area contributed by atoms with Gasteiger partial charge in [0.1, 0.15) is 0 Å². The van der Waals surface area contributed by atoms with E-state index >= 15 is 0 Å². The summed E-state index contributed by atoms with van der Waals surface area (Å²) in [6, 6.07) is 0. The van der Waals surface area contributed by atoms with E-state index in [2.05, 4.69) is 24.3 Å². The Kier molecular flexibility index (Phi) is 7.88. The Morgan fingerprint density at radius 3 is 1.67 bits per heavy atom. The molecular weight excluding hydrogens is 207 g/mol. The van der Waals surface area contributed by atoms with Gasteiger partial charge in [0, 0.05) is 10.2 Å². The van der Waals surface area contributed by atoms with Gasteiger partial charge in [0.2, 0.25) is 0 Å². The molecule has 9 heavy (non-hydrogen) atoms. The quantitative estimate of drug-likeness (QED) is 0.539. The van der Waals surface area contributed by atoms with Gasteiger partial charge in [-0.15, -0.1) is 0 Å². The van der Waals surface area contributed by atoms with Crippen LogP contribution in [-0.4, -0.2) is 10.2 Å². The molecule has 1 aliphatic rings. The molecule has 0 spiro atoms. The molecule has 0 heterocycles. The first-order chi connectivity index (χ1) is 4.31. The van der Waals surface area contributed by atoms with Gasteiger partial charge >= 0.3 is 35.6 Å². The van der Waals surface area contributed by atoms with Crippen LogP contribution in [0.3, 0.4) is 0 Å². The van der Waals surface area contributed by atoms with E-state index in [1.165, 1.54) is 10.2 Å². The van der Waals surface area contributed by atoms with Crippen LogP contribution >= 0.6 is 18.6 Å². The second kappa shape index (κ2) is 7.10. The van der Waals surface area contributed by atoms with Gasteiger partial charge in [0.15, 0.2) is 0 Å². The zero-order valence-corrected chi connectivity index (χ0v) is 10.2. The molecule has 0 radical (unpaired) electrons. The van der Waals surface area contributed by atoms with E-state index < -0.39 is 17.0 Å². The van der Waals surface area contributed by atoms with E-state index in [9.17, 15) is 0 Å². The van der Waals surface area contributed by atoms with E-state index in [4.69, 9.17) is 18.6 Å². The smallest absolute Gasteiger partial charge is 0.0163 e. The van der Waals surface area contributed by atoms with Crippen LogP contribution in [0.1, 0.15) is 0 Å². The molecule has 4 heteroatoms. The maximum atomic E-state index is 4.89. The summed E-state index contributed by atoms with van der Waals surface area (Å²) in [6.07, 6.45) is 8.67. The average molecular weight is 215 g/mol. The summed E-state index contributed by atoms with van der Waals surface area (Å²) in [5.41, 5.74) is 0.824. The second-order valence-corrected chi connectivity index (χ2v) is 5.61. The number of rotatable bonds is 0. The van der Waals surface area contributed by atoms with Crippen molar-refractivity contribution >= 4 is 28.9 Å². The monoisotopic (exact) mass is 214 g/mol. The van der Waals surface area contributed by atoms with E-state index in [1.54, 1.807) is 0 Å². The van der Waals surface area contributed by atoms with Gasteiger partial charge in [-0.3, -0.25) is 0 Å². The molecule has 0 N–H and O–H groups in total. The molecule has 50 valence electrons. The number of allylic oxidation sites excluding steroid dienone is 4. The van der Waals surface area contributed by atoms with Crippen molar-refractivity contribution in [3.63, 3.8) is 0 Å². The summed E-state index contributed by atoms with van der Waals surface area (Å²) < 4.78 is 0. The van der Waals surface area contributed by atoms with Crippen LogP contribution in [0.5, 0.6) is 0 Å². The summed E-state index contributed by atoms with van der Waals surface area (Å²) in [6.45, 7) is 0. The minimum atomic E-state index is -0.556. The number of hydrogen-bond donors (Lipinski definition) is 0.